The van der Waals surface area contributed by atoms with Crippen molar-refractivity contribution in [2.24, 2.45) is 29.6 Å². The lowest BCUT2D eigenvalue weighted by Gasteiger charge is -2.47. The van der Waals surface area contributed by atoms with E-state index in [1.54, 1.807) is 61.8 Å². The zero-order valence-corrected chi connectivity index (χ0v) is 81.4. The minimum atomic E-state index is -4.23. The van der Waals surface area contributed by atoms with E-state index in [2.05, 4.69) is 99.8 Å². The molecule has 722 valence electrons. The molecule has 11 N–H and O–H groups in total. The van der Waals surface area contributed by atoms with E-state index < -0.39 is 69.5 Å². The number of ether oxygens (including phenoxy) is 3. The Hall–Kier alpha value is -12.9. The number of fused-ring (bicyclic) bond motifs is 1. The highest BCUT2D eigenvalue weighted by Gasteiger charge is 2.48. The summed E-state index contributed by atoms with van der Waals surface area (Å²) in [7, 11) is -15.0. The van der Waals surface area contributed by atoms with Gasteiger partial charge in [0.1, 0.15) is 46.5 Å². The largest absolute Gasteiger partial charge is 0.493 e. The Morgan fingerprint density at radius 1 is 0.544 bits per heavy atom. The first kappa shape index (κ1) is 101. The van der Waals surface area contributed by atoms with Gasteiger partial charge in [-0.3, -0.25) is 24.3 Å². The monoisotopic (exact) mass is 1940 g/mol. The van der Waals surface area contributed by atoms with Crippen molar-refractivity contribution in [3.8, 4) is 34.1 Å². The molecule has 39 heteroatoms. The predicted molar refractivity (Wildman–Crippen MR) is 518 cm³/mol. The first-order chi connectivity index (χ1) is 64.3. The minimum Gasteiger partial charge on any atom is -0.493 e. The molecule has 3 saturated heterocycles. The fourth-order valence-electron chi connectivity index (χ4n) is 17.1. The van der Waals surface area contributed by atoms with Crippen molar-refractivity contribution in [3.05, 3.63) is 227 Å². The number of methoxy groups -OCH3 is 1. The number of aromatic amines is 1. The van der Waals surface area contributed by atoms with Crippen LogP contribution >= 0.6 is 0 Å². The summed E-state index contributed by atoms with van der Waals surface area (Å²) in [6, 6.07) is 37.6. The maximum Gasteiger partial charge on any atom is 0.281 e. The van der Waals surface area contributed by atoms with E-state index in [1.165, 1.54) is 85.1 Å². The molecular weight excluding hydrogens is 1820 g/mol. The lowest BCUT2D eigenvalue weighted by Crippen LogP contribution is -2.50. The molecule has 34 nitrogen and oxygen atoms in total. The molecule has 8 aromatic heterocycles. The number of sulfonamides is 4. The Kier molecular flexibility index (Phi) is 31.2. The van der Waals surface area contributed by atoms with Crippen LogP contribution in [0.2, 0.25) is 0 Å². The van der Waals surface area contributed by atoms with Crippen LogP contribution in [0.3, 0.4) is 0 Å². The SMILES string of the molecule is CC(C)COc1cc(F)cc(-c2ccc(C(=O)NS(=O)(=O)c3ccn[nH]3)c(N3CC4C=CC=CC4C3)n2)c1.CC(C)Oc1ccc(-c2ccc(C(=O)NS(=O)(=O)c3cccc(N)n3)c(N3CCCC34CCC4)n2)cn1.COCC1CCC(c2cc(C(C)(C)C)ccc2C(=O)NS(=O)(=O)c2cccc(N)n2)CC1.C[C@H]1CCN(c2nc(C(C)(C)C)ccc2C(=O)NS(=O)(=O)c2cccc(N)n2)C1. The third-order valence-corrected chi connectivity index (χ3v) is 29.2. The molecule has 0 radical (unpaired) electrons. The summed E-state index contributed by atoms with van der Waals surface area (Å²) in [5.74, 6) is 0.870. The number of nitrogens with two attached hydrogens (primary N) is 3. The van der Waals surface area contributed by atoms with Gasteiger partial charge < -0.3 is 46.1 Å². The van der Waals surface area contributed by atoms with Crippen molar-refractivity contribution in [3.63, 3.8) is 0 Å². The van der Waals surface area contributed by atoms with E-state index in [0.29, 0.717) is 83.1 Å². The van der Waals surface area contributed by atoms with Crippen LogP contribution < -0.4 is 60.3 Å². The maximum atomic E-state index is 14.5. The normalized spacial score (nSPS) is 18.0. The Morgan fingerprint density at radius 3 is 1.55 bits per heavy atom. The highest BCUT2D eigenvalue weighted by Crippen LogP contribution is 2.49. The topological polar surface area (TPSA) is 487 Å². The maximum absolute atomic E-state index is 14.5. The summed E-state index contributed by atoms with van der Waals surface area (Å²) in [6.45, 7) is 27.2. The van der Waals surface area contributed by atoms with Crippen LogP contribution in [-0.2, 0) is 55.7 Å². The lowest BCUT2D eigenvalue weighted by atomic mass is 9.75. The fraction of sp³-hybridized carbons (Fsp3) is 0.402. The van der Waals surface area contributed by atoms with E-state index in [9.17, 15) is 57.2 Å². The van der Waals surface area contributed by atoms with Crippen molar-refractivity contribution in [2.75, 3.05) is 84.9 Å². The third kappa shape index (κ3) is 24.9. The number of allylic oxidation sites excluding steroid dienone is 2. The quantitative estimate of drug-likeness (QED) is 0.0263. The molecular formula is C97H118FN19O15S4. The van der Waals surface area contributed by atoms with Crippen LogP contribution in [0.1, 0.15) is 205 Å². The molecule has 4 amide bonds. The average molecular weight is 1940 g/mol. The molecule has 0 bridgehead atoms. The number of H-pyrrole nitrogens is 1. The van der Waals surface area contributed by atoms with Gasteiger partial charge in [-0.2, -0.15) is 38.8 Å². The zero-order valence-electron chi connectivity index (χ0n) is 78.2. The molecule has 6 aliphatic rings. The highest BCUT2D eigenvalue weighted by molar-refractivity contribution is 7.90. The van der Waals surface area contributed by atoms with Gasteiger partial charge in [0.05, 0.1) is 47.0 Å². The number of nitrogens with zero attached hydrogens (tertiary/aromatic N) is 11. The summed E-state index contributed by atoms with van der Waals surface area (Å²) in [5.41, 5.74) is 22.6. The van der Waals surface area contributed by atoms with Gasteiger partial charge in [0, 0.05) is 110 Å². The van der Waals surface area contributed by atoms with Crippen molar-refractivity contribution >= 4 is 98.6 Å². The highest BCUT2D eigenvalue weighted by atomic mass is 32.2. The van der Waals surface area contributed by atoms with Gasteiger partial charge in [-0.1, -0.05) is 117 Å². The number of hydrogen-bond acceptors (Lipinski definition) is 29. The van der Waals surface area contributed by atoms with Crippen molar-refractivity contribution in [1.29, 1.82) is 0 Å². The van der Waals surface area contributed by atoms with Crippen LogP contribution in [0.25, 0.3) is 22.5 Å². The number of carbonyl (C=O) groups is 4. The number of carbonyl (C=O) groups excluding carboxylic acids is 4. The Morgan fingerprint density at radius 2 is 1.07 bits per heavy atom. The van der Waals surface area contributed by atoms with Gasteiger partial charge >= 0.3 is 0 Å². The van der Waals surface area contributed by atoms with Gasteiger partial charge in [-0.05, 0) is 221 Å². The number of aromatic nitrogens is 9. The number of nitrogen functional groups attached to an aromatic ring is 3. The number of hydrogen-bond donors (Lipinski definition) is 8. The van der Waals surface area contributed by atoms with E-state index in [0.717, 1.165) is 113 Å². The molecule has 3 atom stereocenters. The second-order valence-corrected chi connectivity index (χ2v) is 44.2. The second kappa shape index (κ2) is 42.2. The number of benzene rings is 2. The Balaban J connectivity index is 0.000000154. The average Bonchev–Trinajstić information content (AvgIpc) is 1.58. The van der Waals surface area contributed by atoms with Crippen LogP contribution in [0.4, 0.5) is 39.3 Å². The number of amides is 4. The fourth-order valence-corrected chi connectivity index (χ4v) is 20.8. The summed E-state index contributed by atoms with van der Waals surface area (Å²) >= 11 is 0. The number of pyridine rings is 7. The minimum absolute atomic E-state index is 0.00788. The molecule has 11 heterocycles. The van der Waals surface area contributed by atoms with Crippen LogP contribution in [0.5, 0.6) is 11.6 Å². The molecule has 5 fully saturated rings. The summed E-state index contributed by atoms with van der Waals surface area (Å²) in [5, 5.41) is 4.86. The van der Waals surface area contributed by atoms with E-state index >= 15 is 0 Å². The number of halogens is 1. The molecule has 3 aliphatic heterocycles. The number of anilines is 6. The van der Waals surface area contributed by atoms with Crippen LogP contribution in [-0.4, -0.2) is 167 Å². The Bertz CT molecular complexity index is 6570. The van der Waals surface area contributed by atoms with Gasteiger partial charge in [0.2, 0.25) is 5.88 Å². The molecule has 2 aromatic carbocycles. The smallest absolute Gasteiger partial charge is 0.281 e. The van der Waals surface area contributed by atoms with Crippen LogP contribution in [0.15, 0.2) is 202 Å². The van der Waals surface area contributed by atoms with Gasteiger partial charge in [-0.25, -0.2) is 58.2 Å². The lowest BCUT2D eigenvalue weighted by molar-refractivity contribution is 0.0970. The van der Waals surface area contributed by atoms with Crippen LogP contribution in [0, 0.1) is 35.4 Å². The molecule has 10 aromatic rings. The molecule has 1 spiro atoms. The van der Waals surface area contributed by atoms with E-state index in [1.807, 2.05) is 82.6 Å². The third-order valence-electron chi connectivity index (χ3n) is 24.3. The van der Waals surface area contributed by atoms with Gasteiger partial charge in [-0.15, -0.1) is 0 Å². The number of rotatable bonds is 25. The second-order valence-electron chi connectivity index (χ2n) is 37.6. The zero-order chi connectivity index (χ0) is 98.0. The summed E-state index contributed by atoms with van der Waals surface area (Å²) in [6.07, 6.45) is 21.3. The summed E-state index contributed by atoms with van der Waals surface area (Å²) < 4.78 is 141. The molecule has 3 aliphatic carbocycles. The van der Waals surface area contributed by atoms with Crippen molar-refractivity contribution in [1.82, 2.24) is 64.0 Å². The van der Waals surface area contributed by atoms with Gasteiger partial charge in [0.15, 0.2) is 20.1 Å². The van der Waals surface area contributed by atoms with Gasteiger partial charge in [0.25, 0.3) is 63.7 Å². The standard InChI is InChI=1S/C27H28FN5O4S.C26H30N6O4S.C24H33N3O4S.C20H27N5O3S/c1-17(2)16-37-22-12-20(11-21(28)13-22)24-8-7-23(27(34)32-38(35,36)25-9-10-29-31-25)26(30-24)33-14-18-5-3-4-6-19(18)15-33;1-17(2)36-22-11-8-18(16-28-22)20-10-9-19(24(29-20)32-15-5-14-26(32)12-4-13-26)25(33)31-37(34,35)23-7-3-6-21(27)30-23;1-24(2,3)18-12-13-19(20(14-18)17-10-8-16(9-11-17)15-31-4)23(28)27-32(29,30)22-7-5-6-21(25)26-22;1-13-10-11-25(12-13)18-14(8-9-15(22-18)20(2,3)4)19(26)24-29(27,28)17-7-5-6-16(21)23-17/h3-13,17-19H,14-16H2,1-2H3,(H,29,31)(H,32,34);3,6-11,16-17H,4-5,12-15H2,1-2H3,(H2,27,30)(H,31,33);5-7,12-14,16-17H,8-11,15H2,1-4H3,(H2,25,26)(H,27,28);5-9,13H,10-12H2,1-4H3,(H2,21,23)(H,24,26)/t;;;13-/m...0/s1. The van der Waals surface area contributed by atoms with Crippen molar-refractivity contribution in [2.45, 2.75) is 189 Å². The molecule has 136 heavy (non-hydrogen) atoms. The van der Waals surface area contributed by atoms with E-state index in [-0.39, 0.29) is 100 Å². The molecule has 2 saturated carbocycles. The first-order valence-corrected chi connectivity index (χ1v) is 51.1. The first-order valence-electron chi connectivity index (χ1n) is 45.2. The van der Waals surface area contributed by atoms with Crippen molar-refractivity contribution < 1.29 is 71.5 Å². The number of nitrogens with one attached hydrogen (secondary N) is 5. The molecule has 16 rings (SSSR count). The van der Waals surface area contributed by atoms with E-state index in [4.69, 9.17) is 46.4 Å². The summed E-state index contributed by atoms with van der Waals surface area (Å²) in [4.78, 5) is 89.1. The predicted octanol–water partition coefficient (Wildman–Crippen LogP) is 13.8. The molecule has 2 unspecified atom stereocenters. The Labute approximate surface area is 793 Å².